The molecule has 0 aliphatic carbocycles. The molecule has 2 heterocycles. The van der Waals surface area contributed by atoms with Crippen LogP contribution in [0.3, 0.4) is 0 Å². The number of nitrogens with zero attached hydrogens (tertiary/aromatic N) is 3. The summed E-state index contributed by atoms with van der Waals surface area (Å²) in [7, 11) is -3.54. The number of aromatic nitrogens is 2. The lowest BCUT2D eigenvalue weighted by atomic mass is 10.1. The summed E-state index contributed by atoms with van der Waals surface area (Å²) in [5.41, 5.74) is 1.86. The number of fused-ring (bicyclic) bond motifs is 1. The molecule has 1 atom stereocenters. The van der Waals surface area contributed by atoms with E-state index in [2.05, 4.69) is 5.10 Å². The van der Waals surface area contributed by atoms with Crippen LogP contribution >= 0.6 is 0 Å². The Morgan fingerprint density at radius 3 is 2.80 bits per heavy atom. The molecule has 6 heteroatoms. The third kappa shape index (κ3) is 1.91. The number of hydrogen-bond acceptors (Lipinski definition) is 3. The first-order valence-electron chi connectivity index (χ1n) is 6.69. The molecule has 0 amide bonds. The Kier molecular flexibility index (Phi) is 3.05. The van der Waals surface area contributed by atoms with Crippen molar-refractivity contribution in [3.63, 3.8) is 0 Å². The van der Waals surface area contributed by atoms with Crippen LogP contribution in [0.5, 0.6) is 0 Å². The van der Waals surface area contributed by atoms with Gasteiger partial charge < -0.3 is 0 Å². The van der Waals surface area contributed by atoms with Crippen molar-refractivity contribution >= 4 is 15.7 Å². The second-order valence-electron chi connectivity index (χ2n) is 5.01. The summed E-state index contributed by atoms with van der Waals surface area (Å²) in [6, 6.07) is 7.59. The standard InChI is InChI=1S/C14H17N3O2S/c1-3-16-10-13(9-15-16)20(18,19)17-11(2)8-12-6-4-5-7-14(12)17/h4-7,9-11H,3,8H2,1-2H3. The quantitative estimate of drug-likeness (QED) is 0.869. The van der Waals surface area contributed by atoms with Crippen LogP contribution in [0.2, 0.25) is 0 Å². The van der Waals surface area contributed by atoms with Crippen molar-refractivity contribution in [3.8, 4) is 0 Å². The molecule has 1 aliphatic rings. The van der Waals surface area contributed by atoms with Crippen LogP contribution < -0.4 is 4.31 Å². The van der Waals surface area contributed by atoms with Crippen LogP contribution in [-0.4, -0.2) is 24.2 Å². The monoisotopic (exact) mass is 291 g/mol. The Morgan fingerprint density at radius 2 is 2.10 bits per heavy atom. The molecule has 0 saturated heterocycles. The molecule has 2 aromatic rings. The number of anilines is 1. The Balaban J connectivity index is 2.07. The lowest BCUT2D eigenvalue weighted by Crippen LogP contribution is -2.35. The second-order valence-corrected chi connectivity index (χ2v) is 6.83. The van der Waals surface area contributed by atoms with Crippen molar-refractivity contribution in [1.82, 2.24) is 9.78 Å². The van der Waals surface area contributed by atoms with Crippen LogP contribution in [0.4, 0.5) is 5.69 Å². The summed E-state index contributed by atoms with van der Waals surface area (Å²) >= 11 is 0. The topological polar surface area (TPSA) is 55.2 Å². The smallest absolute Gasteiger partial charge is 0.267 e. The van der Waals surface area contributed by atoms with Gasteiger partial charge in [-0.3, -0.25) is 8.99 Å². The molecule has 0 N–H and O–H groups in total. The van der Waals surface area contributed by atoms with Gasteiger partial charge in [0.1, 0.15) is 4.90 Å². The van der Waals surface area contributed by atoms with E-state index in [9.17, 15) is 8.42 Å². The number of benzene rings is 1. The van der Waals surface area contributed by atoms with Crippen molar-refractivity contribution in [2.24, 2.45) is 0 Å². The van der Waals surface area contributed by atoms with Gasteiger partial charge in [-0.1, -0.05) is 18.2 Å². The minimum absolute atomic E-state index is 0.0672. The zero-order valence-electron chi connectivity index (χ0n) is 11.5. The highest BCUT2D eigenvalue weighted by molar-refractivity contribution is 7.92. The van der Waals surface area contributed by atoms with Gasteiger partial charge >= 0.3 is 0 Å². The first-order valence-corrected chi connectivity index (χ1v) is 8.13. The number of rotatable bonds is 3. The van der Waals surface area contributed by atoms with E-state index in [1.165, 1.54) is 10.5 Å². The van der Waals surface area contributed by atoms with Gasteiger partial charge in [0.25, 0.3) is 10.0 Å². The van der Waals surface area contributed by atoms with E-state index in [1.807, 2.05) is 38.1 Å². The van der Waals surface area contributed by atoms with E-state index in [0.29, 0.717) is 6.54 Å². The summed E-state index contributed by atoms with van der Waals surface area (Å²) < 4.78 is 28.8. The fraction of sp³-hybridized carbons (Fsp3) is 0.357. The molecule has 20 heavy (non-hydrogen) atoms. The highest BCUT2D eigenvalue weighted by Crippen LogP contribution is 2.36. The molecular formula is C14H17N3O2S. The van der Waals surface area contributed by atoms with Gasteiger partial charge in [0.05, 0.1) is 11.9 Å². The van der Waals surface area contributed by atoms with E-state index < -0.39 is 10.0 Å². The molecule has 1 unspecified atom stereocenters. The first kappa shape index (κ1) is 13.2. The molecule has 5 nitrogen and oxygen atoms in total. The number of sulfonamides is 1. The molecule has 0 spiro atoms. The lowest BCUT2D eigenvalue weighted by Gasteiger charge is -2.23. The Labute approximate surface area is 118 Å². The van der Waals surface area contributed by atoms with Crippen molar-refractivity contribution in [3.05, 3.63) is 42.2 Å². The third-order valence-corrected chi connectivity index (χ3v) is 5.52. The predicted octanol–water partition coefficient (Wildman–Crippen LogP) is 2.04. The fourth-order valence-electron chi connectivity index (χ4n) is 2.67. The lowest BCUT2D eigenvalue weighted by molar-refractivity contribution is 0.583. The minimum Gasteiger partial charge on any atom is -0.272 e. The highest BCUT2D eigenvalue weighted by atomic mass is 32.2. The van der Waals surface area contributed by atoms with E-state index in [0.717, 1.165) is 17.7 Å². The summed E-state index contributed by atoms with van der Waals surface area (Å²) in [6.07, 6.45) is 3.76. The van der Waals surface area contributed by atoms with Crippen LogP contribution in [0.25, 0.3) is 0 Å². The minimum atomic E-state index is -3.54. The first-order chi connectivity index (χ1) is 9.54. The average Bonchev–Trinajstić information content (AvgIpc) is 3.01. The maximum Gasteiger partial charge on any atom is 0.267 e. The van der Waals surface area contributed by atoms with Crippen LogP contribution in [0, 0.1) is 0 Å². The van der Waals surface area contributed by atoms with Crippen LogP contribution in [0.1, 0.15) is 19.4 Å². The molecule has 0 radical (unpaired) electrons. The number of aryl methyl sites for hydroxylation is 1. The summed E-state index contributed by atoms with van der Waals surface area (Å²) in [4.78, 5) is 0.253. The summed E-state index contributed by atoms with van der Waals surface area (Å²) in [6.45, 7) is 4.51. The molecule has 106 valence electrons. The molecule has 0 saturated carbocycles. The highest BCUT2D eigenvalue weighted by Gasteiger charge is 2.36. The maximum absolute atomic E-state index is 12.8. The Hall–Kier alpha value is -1.82. The molecule has 1 aromatic carbocycles. The predicted molar refractivity (Wildman–Crippen MR) is 77.2 cm³/mol. The largest absolute Gasteiger partial charge is 0.272 e. The number of hydrogen-bond donors (Lipinski definition) is 0. The van der Waals surface area contributed by atoms with Gasteiger partial charge in [0.15, 0.2) is 0 Å². The van der Waals surface area contributed by atoms with Gasteiger partial charge in [0.2, 0.25) is 0 Å². The van der Waals surface area contributed by atoms with E-state index in [4.69, 9.17) is 0 Å². The van der Waals surface area contributed by atoms with Gasteiger partial charge in [-0.15, -0.1) is 0 Å². The molecule has 3 rings (SSSR count). The fourth-order valence-corrected chi connectivity index (χ4v) is 4.32. The zero-order chi connectivity index (χ0) is 14.3. The normalized spacial score (nSPS) is 18.3. The van der Waals surface area contributed by atoms with E-state index in [-0.39, 0.29) is 10.9 Å². The molecule has 0 fully saturated rings. The summed E-state index contributed by atoms with van der Waals surface area (Å²) in [5, 5.41) is 4.06. The SMILES string of the molecule is CCn1cc(S(=O)(=O)N2c3ccccc3CC2C)cn1. The van der Waals surface area contributed by atoms with Crippen LogP contribution in [-0.2, 0) is 23.0 Å². The van der Waals surface area contributed by atoms with Crippen molar-refractivity contribution in [1.29, 1.82) is 0 Å². The Morgan fingerprint density at radius 1 is 1.35 bits per heavy atom. The van der Waals surface area contributed by atoms with Gasteiger partial charge in [-0.25, -0.2) is 8.42 Å². The molecule has 0 bridgehead atoms. The van der Waals surface area contributed by atoms with Gasteiger partial charge in [0, 0.05) is 18.8 Å². The zero-order valence-corrected chi connectivity index (χ0v) is 12.3. The second kappa shape index (κ2) is 4.63. The molecule has 1 aromatic heterocycles. The third-order valence-electron chi connectivity index (χ3n) is 3.64. The van der Waals surface area contributed by atoms with Gasteiger partial charge in [-0.05, 0) is 31.9 Å². The Bertz CT molecular complexity index is 736. The molecule has 1 aliphatic heterocycles. The van der Waals surface area contributed by atoms with Crippen LogP contribution in [0.15, 0.2) is 41.6 Å². The number of para-hydroxylation sites is 1. The van der Waals surface area contributed by atoms with E-state index >= 15 is 0 Å². The van der Waals surface area contributed by atoms with Crippen molar-refractivity contribution in [2.45, 2.75) is 37.8 Å². The van der Waals surface area contributed by atoms with Gasteiger partial charge in [-0.2, -0.15) is 5.10 Å². The maximum atomic E-state index is 12.8. The van der Waals surface area contributed by atoms with Crippen molar-refractivity contribution < 1.29 is 8.42 Å². The van der Waals surface area contributed by atoms with E-state index in [1.54, 1.807) is 10.9 Å². The summed E-state index contributed by atoms with van der Waals surface area (Å²) in [5.74, 6) is 0. The van der Waals surface area contributed by atoms with Crippen molar-refractivity contribution in [2.75, 3.05) is 4.31 Å². The molecular weight excluding hydrogens is 274 g/mol. The average molecular weight is 291 g/mol.